The van der Waals surface area contributed by atoms with E-state index in [0.717, 1.165) is 0 Å². The van der Waals surface area contributed by atoms with Crippen molar-refractivity contribution in [3.05, 3.63) is 68.9 Å². The molecule has 10 nitrogen and oxygen atoms in total. The maximum atomic E-state index is 12.3. The molecule has 0 N–H and O–H groups in total. The summed E-state index contributed by atoms with van der Waals surface area (Å²) in [7, 11) is 1.26. The van der Waals surface area contributed by atoms with E-state index in [9.17, 15) is 19.7 Å². The van der Waals surface area contributed by atoms with Crippen LogP contribution < -0.4 is 9.47 Å². The van der Waals surface area contributed by atoms with Gasteiger partial charge in [0.15, 0.2) is 23.8 Å². The number of nitro groups is 1. The van der Waals surface area contributed by atoms with Gasteiger partial charge in [-0.25, -0.2) is 14.6 Å². The molecule has 2 aromatic rings. The molecule has 0 aromatic heterocycles. The fraction of sp³-hybridized carbons (Fsp3) is 0.227. The van der Waals surface area contributed by atoms with E-state index in [1.165, 1.54) is 25.3 Å². The Morgan fingerprint density at radius 2 is 2.00 bits per heavy atom. The Balaban J connectivity index is 1.91. The summed E-state index contributed by atoms with van der Waals surface area (Å²) in [6, 6.07) is 9.34. The lowest BCUT2D eigenvalue weighted by Crippen LogP contribution is -2.13. The summed E-state index contributed by atoms with van der Waals surface area (Å²) in [6.07, 6.45) is 1.49. The number of hydrogen-bond donors (Lipinski definition) is 0. The molecule has 32 heavy (non-hydrogen) atoms. The van der Waals surface area contributed by atoms with Crippen LogP contribution in [0.5, 0.6) is 11.5 Å². The number of rotatable bonds is 8. The number of hydrogen-bond acceptors (Lipinski definition) is 9. The average molecular weight is 440 g/mol. The normalized spacial score (nSPS) is 14.0. The van der Waals surface area contributed by atoms with E-state index < -0.39 is 16.9 Å². The van der Waals surface area contributed by atoms with Gasteiger partial charge in [0.2, 0.25) is 5.90 Å². The second-order valence-corrected chi connectivity index (χ2v) is 6.55. The molecule has 0 spiro atoms. The molecule has 2 aromatic carbocycles. The van der Waals surface area contributed by atoms with Gasteiger partial charge in [-0.05, 0) is 43.7 Å². The molecule has 0 aliphatic carbocycles. The van der Waals surface area contributed by atoms with Crippen molar-refractivity contribution in [1.82, 2.24) is 0 Å². The fourth-order valence-corrected chi connectivity index (χ4v) is 2.93. The van der Waals surface area contributed by atoms with Gasteiger partial charge in [0.1, 0.15) is 0 Å². The molecule has 3 rings (SSSR count). The molecule has 0 unspecified atom stereocenters. The van der Waals surface area contributed by atoms with E-state index in [-0.39, 0.29) is 23.9 Å². The summed E-state index contributed by atoms with van der Waals surface area (Å²) in [5, 5.41) is 11.2. The molecule has 0 saturated carbocycles. The molecule has 0 fully saturated rings. The zero-order chi connectivity index (χ0) is 23.3. The fourth-order valence-electron chi connectivity index (χ4n) is 2.93. The minimum atomic E-state index is -0.685. The van der Waals surface area contributed by atoms with Gasteiger partial charge in [0.25, 0.3) is 5.69 Å². The SMILES string of the molecule is CCOc1cc(/C=C2\N=C(c3cccc([N+](=O)[O-])c3C)OC2=O)ccc1OCC(=O)OC. The predicted molar refractivity (Wildman–Crippen MR) is 114 cm³/mol. The standard InChI is InChI=1S/C22H20N2O8/c1-4-30-19-11-14(8-9-18(19)31-12-20(25)29-3)10-16-22(26)32-21(23-16)15-6-5-7-17(13(15)2)24(27)28/h5-11H,4,12H2,1-3H3/b16-10-. The first-order valence-electron chi connectivity index (χ1n) is 9.57. The van der Waals surface area contributed by atoms with Crippen LogP contribution >= 0.6 is 0 Å². The van der Waals surface area contributed by atoms with Gasteiger partial charge in [-0.1, -0.05) is 12.1 Å². The first-order valence-corrected chi connectivity index (χ1v) is 9.57. The van der Waals surface area contributed by atoms with Gasteiger partial charge in [-0.2, -0.15) is 0 Å². The third kappa shape index (κ3) is 4.91. The molecule has 10 heteroatoms. The minimum Gasteiger partial charge on any atom is -0.490 e. The third-order valence-electron chi connectivity index (χ3n) is 4.50. The number of aliphatic imine (C=N–C) groups is 1. The van der Waals surface area contributed by atoms with Crippen molar-refractivity contribution in [2.75, 3.05) is 20.3 Å². The summed E-state index contributed by atoms with van der Waals surface area (Å²) in [5.74, 6) is -0.522. The molecule has 1 heterocycles. The smallest absolute Gasteiger partial charge is 0.363 e. The number of benzene rings is 2. The van der Waals surface area contributed by atoms with Crippen LogP contribution in [0.2, 0.25) is 0 Å². The van der Waals surface area contributed by atoms with E-state index in [1.807, 2.05) is 0 Å². The van der Waals surface area contributed by atoms with Crippen molar-refractivity contribution in [3.63, 3.8) is 0 Å². The number of cyclic esters (lactones) is 1. The van der Waals surface area contributed by atoms with Crippen LogP contribution in [0.3, 0.4) is 0 Å². The lowest BCUT2D eigenvalue weighted by atomic mass is 10.1. The van der Waals surface area contributed by atoms with E-state index in [4.69, 9.17) is 14.2 Å². The van der Waals surface area contributed by atoms with Gasteiger partial charge < -0.3 is 18.9 Å². The van der Waals surface area contributed by atoms with Gasteiger partial charge in [-0.15, -0.1) is 0 Å². The van der Waals surface area contributed by atoms with Gasteiger partial charge >= 0.3 is 11.9 Å². The van der Waals surface area contributed by atoms with Crippen molar-refractivity contribution in [3.8, 4) is 11.5 Å². The van der Waals surface area contributed by atoms with Crippen molar-refractivity contribution >= 4 is 29.6 Å². The molecule has 1 aliphatic heterocycles. The van der Waals surface area contributed by atoms with Gasteiger partial charge in [-0.3, -0.25) is 10.1 Å². The largest absolute Gasteiger partial charge is 0.490 e. The number of carbonyl (C=O) groups excluding carboxylic acids is 2. The summed E-state index contributed by atoms with van der Waals surface area (Å²) in [4.78, 5) is 38.5. The zero-order valence-electron chi connectivity index (χ0n) is 17.6. The highest BCUT2D eigenvalue weighted by Gasteiger charge is 2.27. The summed E-state index contributed by atoms with van der Waals surface area (Å²) >= 11 is 0. The molecular weight excluding hydrogens is 420 g/mol. The number of nitro benzene ring substituents is 1. The summed E-state index contributed by atoms with van der Waals surface area (Å²) in [6.45, 7) is 3.43. The van der Waals surface area contributed by atoms with Crippen LogP contribution in [0.15, 0.2) is 47.1 Å². The highest BCUT2D eigenvalue weighted by Crippen LogP contribution is 2.31. The summed E-state index contributed by atoms with van der Waals surface area (Å²) in [5.41, 5.74) is 1.21. The minimum absolute atomic E-state index is 0.00878. The van der Waals surface area contributed by atoms with E-state index in [1.54, 1.807) is 38.1 Å². The number of methoxy groups -OCH3 is 1. The van der Waals surface area contributed by atoms with E-state index >= 15 is 0 Å². The topological polar surface area (TPSA) is 127 Å². The molecule has 166 valence electrons. The van der Waals surface area contributed by atoms with Crippen molar-refractivity contribution in [2.45, 2.75) is 13.8 Å². The average Bonchev–Trinajstić information content (AvgIpc) is 3.13. The second kappa shape index (κ2) is 9.73. The number of carbonyl (C=O) groups is 2. The molecule has 1 aliphatic rings. The molecule has 0 saturated heterocycles. The predicted octanol–water partition coefficient (Wildman–Crippen LogP) is 3.20. The van der Waals surface area contributed by atoms with Crippen molar-refractivity contribution in [2.24, 2.45) is 4.99 Å². The van der Waals surface area contributed by atoms with Crippen molar-refractivity contribution in [1.29, 1.82) is 0 Å². The van der Waals surface area contributed by atoms with Crippen LogP contribution in [0.25, 0.3) is 6.08 Å². The van der Waals surface area contributed by atoms with E-state index in [2.05, 4.69) is 9.73 Å². The molecule has 0 amide bonds. The van der Waals surface area contributed by atoms with Crippen LogP contribution in [-0.4, -0.2) is 43.1 Å². The number of esters is 2. The van der Waals surface area contributed by atoms with Gasteiger partial charge in [0, 0.05) is 17.2 Å². The Hall–Kier alpha value is -4.21. The first-order chi connectivity index (χ1) is 15.3. The van der Waals surface area contributed by atoms with Crippen LogP contribution in [0.1, 0.15) is 23.6 Å². The van der Waals surface area contributed by atoms with E-state index in [0.29, 0.717) is 34.8 Å². The monoisotopic (exact) mass is 440 g/mol. The van der Waals surface area contributed by atoms with Crippen LogP contribution in [-0.2, 0) is 19.1 Å². The van der Waals surface area contributed by atoms with Crippen molar-refractivity contribution < 1.29 is 33.5 Å². The molecular formula is C22H20N2O8. The van der Waals surface area contributed by atoms with Gasteiger partial charge in [0.05, 0.1) is 18.6 Å². The van der Waals surface area contributed by atoms with Crippen LogP contribution in [0.4, 0.5) is 5.69 Å². The second-order valence-electron chi connectivity index (χ2n) is 6.55. The lowest BCUT2D eigenvalue weighted by molar-refractivity contribution is -0.385. The summed E-state index contributed by atoms with van der Waals surface area (Å²) < 4.78 is 20.8. The highest BCUT2D eigenvalue weighted by molar-refractivity contribution is 6.13. The molecule has 0 atom stereocenters. The lowest BCUT2D eigenvalue weighted by Gasteiger charge is -2.11. The Morgan fingerprint density at radius 1 is 1.22 bits per heavy atom. The first kappa shape index (κ1) is 22.5. The Morgan fingerprint density at radius 3 is 2.69 bits per heavy atom. The Kier molecular flexibility index (Phi) is 6.83. The third-order valence-corrected chi connectivity index (χ3v) is 4.50. The highest BCUT2D eigenvalue weighted by atomic mass is 16.6. The number of ether oxygens (including phenoxy) is 4. The molecule has 0 radical (unpaired) electrons. The zero-order valence-corrected chi connectivity index (χ0v) is 17.6. The molecule has 0 bridgehead atoms. The maximum absolute atomic E-state index is 12.3. The van der Waals surface area contributed by atoms with Crippen LogP contribution in [0, 0.1) is 17.0 Å². The Bertz CT molecular complexity index is 1140. The quantitative estimate of drug-likeness (QED) is 0.265. The number of nitrogens with zero attached hydrogens (tertiary/aromatic N) is 2. The maximum Gasteiger partial charge on any atom is 0.363 e. The Labute approximate surface area is 183 Å².